The van der Waals surface area contributed by atoms with Gasteiger partial charge in [-0.2, -0.15) is 0 Å². The van der Waals surface area contributed by atoms with Gasteiger partial charge in [0, 0.05) is 24.5 Å². The molecular formula is C16H18BrClN2O. The number of hydrogen-bond acceptors (Lipinski definition) is 3. The fraction of sp³-hybridized carbons (Fsp3) is 0.312. The van der Waals surface area contributed by atoms with Crippen molar-refractivity contribution in [2.24, 2.45) is 0 Å². The highest BCUT2D eigenvalue weighted by Crippen LogP contribution is 2.27. The lowest BCUT2D eigenvalue weighted by Crippen LogP contribution is -2.13. The number of nitrogens with one attached hydrogen (secondary N) is 1. The Morgan fingerprint density at radius 3 is 2.90 bits per heavy atom. The van der Waals surface area contributed by atoms with E-state index in [1.165, 1.54) is 5.56 Å². The van der Waals surface area contributed by atoms with Crippen LogP contribution in [-0.4, -0.2) is 11.5 Å². The molecule has 1 N–H and O–H groups in total. The molecule has 112 valence electrons. The summed E-state index contributed by atoms with van der Waals surface area (Å²) >= 11 is 9.61. The largest absolute Gasteiger partial charge is 0.488 e. The van der Waals surface area contributed by atoms with E-state index in [1.807, 2.05) is 12.1 Å². The van der Waals surface area contributed by atoms with Gasteiger partial charge in [0.05, 0.1) is 9.50 Å². The molecule has 0 fully saturated rings. The average molecular weight is 370 g/mol. The Morgan fingerprint density at radius 1 is 1.33 bits per heavy atom. The van der Waals surface area contributed by atoms with Gasteiger partial charge in [0.25, 0.3) is 0 Å². The van der Waals surface area contributed by atoms with Crippen LogP contribution in [0.15, 0.2) is 41.1 Å². The fourth-order valence-corrected chi connectivity index (χ4v) is 2.57. The van der Waals surface area contributed by atoms with Crippen LogP contribution in [0.4, 0.5) is 0 Å². The zero-order valence-electron chi connectivity index (χ0n) is 11.9. The summed E-state index contributed by atoms with van der Waals surface area (Å²) < 4.78 is 6.75. The Morgan fingerprint density at radius 2 is 2.19 bits per heavy atom. The molecule has 0 aliphatic rings. The first-order valence-corrected chi connectivity index (χ1v) is 8.08. The van der Waals surface area contributed by atoms with Gasteiger partial charge in [-0.25, -0.2) is 0 Å². The number of ether oxygens (including phenoxy) is 1. The Hall–Kier alpha value is -1.10. The minimum atomic E-state index is 0.424. The molecule has 3 nitrogen and oxygen atoms in total. The topological polar surface area (TPSA) is 34.1 Å². The van der Waals surface area contributed by atoms with E-state index in [2.05, 4.69) is 45.3 Å². The van der Waals surface area contributed by atoms with Crippen LogP contribution in [0.5, 0.6) is 5.75 Å². The lowest BCUT2D eigenvalue weighted by Gasteiger charge is -2.11. The predicted octanol–water partition coefficient (Wildman–Crippen LogP) is 4.58. The highest BCUT2D eigenvalue weighted by molar-refractivity contribution is 9.10. The Labute approximate surface area is 138 Å². The van der Waals surface area contributed by atoms with E-state index in [-0.39, 0.29) is 0 Å². The van der Waals surface area contributed by atoms with Gasteiger partial charge in [0.15, 0.2) is 0 Å². The van der Waals surface area contributed by atoms with Crippen molar-refractivity contribution in [2.45, 2.75) is 26.5 Å². The molecule has 0 spiro atoms. The normalized spacial score (nSPS) is 10.6. The standard InChI is InChI=1S/C16H18BrClN2O/c1-2-6-19-9-12-3-4-16(14(17)8-12)21-11-13-5-7-20-10-15(13)18/h3-5,7-8,10,19H,2,6,9,11H2,1H3. The molecule has 1 aromatic carbocycles. The number of pyridine rings is 1. The third kappa shape index (κ3) is 4.99. The smallest absolute Gasteiger partial charge is 0.134 e. The monoisotopic (exact) mass is 368 g/mol. The van der Waals surface area contributed by atoms with Gasteiger partial charge < -0.3 is 10.1 Å². The SMILES string of the molecule is CCCNCc1ccc(OCc2ccncc2Cl)c(Br)c1. The Balaban J connectivity index is 1.96. The number of nitrogens with zero attached hydrogens (tertiary/aromatic N) is 1. The van der Waals surface area contributed by atoms with Gasteiger partial charge in [0.1, 0.15) is 12.4 Å². The van der Waals surface area contributed by atoms with Crippen molar-refractivity contribution in [3.63, 3.8) is 0 Å². The molecule has 0 bridgehead atoms. The van der Waals surface area contributed by atoms with Gasteiger partial charge in [0.2, 0.25) is 0 Å². The number of rotatable bonds is 7. The molecule has 2 rings (SSSR count). The van der Waals surface area contributed by atoms with E-state index in [9.17, 15) is 0 Å². The van der Waals surface area contributed by atoms with E-state index >= 15 is 0 Å². The molecule has 0 unspecified atom stereocenters. The summed E-state index contributed by atoms with van der Waals surface area (Å²) in [5.74, 6) is 0.808. The van der Waals surface area contributed by atoms with Crippen LogP contribution in [0.3, 0.4) is 0 Å². The first kappa shape index (κ1) is 16.3. The van der Waals surface area contributed by atoms with Crippen LogP contribution in [0, 0.1) is 0 Å². The maximum atomic E-state index is 6.06. The number of hydrogen-bond donors (Lipinski definition) is 1. The summed E-state index contributed by atoms with van der Waals surface area (Å²) in [5, 5.41) is 4.00. The van der Waals surface area contributed by atoms with Crippen LogP contribution >= 0.6 is 27.5 Å². The van der Waals surface area contributed by atoms with Gasteiger partial charge >= 0.3 is 0 Å². The van der Waals surface area contributed by atoms with Crippen molar-refractivity contribution in [1.29, 1.82) is 0 Å². The number of benzene rings is 1. The molecule has 0 amide bonds. The molecule has 1 heterocycles. The summed E-state index contributed by atoms with van der Waals surface area (Å²) in [6.45, 7) is 4.47. The van der Waals surface area contributed by atoms with Crippen LogP contribution in [0.2, 0.25) is 5.02 Å². The summed E-state index contributed by atoms with van der Waals surface area (Å²) in [4.78, 5) is 3.96. The lowest BCUT2D eigenvalue weighted by atomic mass is 10.2. The molecule has 0 aliphatic heterocycles. The second kappa shape index (κ2) is 8.37. The summed E-state index contributed by atoms with van der Waals surface area (Å²) in [7, 11) is 0. The lowest BCUT2D eigenvalue weighted by molar-refractivity contribution is 0.304. The molecule has 0 saturated heterocycles. The summed E-state index contributed by atoms with van der Waals surface area (Å²) in [6, 6.07) is 7.98. The van der Waals surface area contributed by atoms with E-state index in [0.29, 0.717) is 11.6 Å². The first-order valence-electron chi connectivity index (χ1n) is 6.91. The summed E-state index contributed by atoms with van der Waals surface area (Å²) in [5.41, 5.74) is 2.15. The Kier molecular flexibility index (Phi) is 6.49. The van der Waals surface area contributed by atoms with Gasteiger partial charge in [-0.3, -0.25) is 4.98 Å². The van der Waals surface area contributed by atoms with Crippen LogP contribution < -0.4 is 10.1 Å². The molecule has 21 heavy (non-hydrogen) atoms. The van der Waals surface area contributed by atoms with Crippen molar-refractivity contribution >= 4 is 27.5 Å². The Bertz CT molecular complexity index is 592. The van der Waals surface area contributed by atoms with Gasteiger partial charge in [-0.15, -0.1) is 0 Å². The van der Waals surface area contributed by atoms with E-state index in [1.54, 1.807) is 12.4 Å². The highest BCUT2D eigenvalue weighted by Gasteiger charge is 2.05. The molecule has 1 aromatic heterocycles. The molecule has 2 aromatic rings. The molecular weight excluding hydrogens is 352 g/mol. The summed E-state index contributed by atoms with van der Waals surface area (Å²) in [6.07, 6.45) is 4.47. The van der Waals surface area contributed by atoms with Gasteiger partial charge in [-0.05, 0) is 52.7 Å². The van der Waals surface area contributed by atoms with E-state index in [4.69, 9.17) is 16.3 Å². The maximum absolute atomic E-state index is 6.06. The third-order valence-corrected chi connectivity index (χ3v) is 3.95. The minimum absolute atomic E-state index is 0.424. The third-order valence-electron chi connectivity index (χ3n) is 2.99. The average Bonchev–Trinajstić information content (AvgIpc) is 2.48. The molecule has 0 atom stereocenters. The van der Waals surface area contributed by atoms with Crippen LogP contribution in [-0.2, 0) is 13.2 Å². The maximum Gasteiger partial charge on any atom is 0.134 e. The van der Waals surface area contributed by atoms with Crippen molar-refractivity contribution in [2.75, 3.05) is 6.54 Å². The molecule has 0 radical (unpaired) electrons. The van der Waals surface area contributed by atoms with Gasteiger partial charge in [-0.1, -0.05) is 24.6 Å². The second-order valence-corrected chi connectivity index (χ2v) is 5.96. The van der Waals surface area contributed by atoms with Crippen LogP contribution in [0.25, 0.3) is 0 Å². The number of halogens is 2. The first-order chi connectivity index (χ1) is 10.2. The van der Waals surface area contributed by atoms with Crippen LogP contribution in [0.1, 0.15) is 24.5 Å². The van der Waals surface area contributed by atoms with E-state index in [0.717, 1.165) is 35.3 Å². The quantitative estimate of drug-likeness (QED) is 0.726. The molecule has 0 saturated carbocycles. The second-order valence-electron chi connectivity index (χ2n) is 4.70. The fourth-order valence-electron chi connectivity index (χ4n) is 1.86. The molecule has 5 heteroatoms. The zero-order valence-corrected chi connectivity index (χ0v) is 14.2. The van der Waals surface area contributed by atoms with Crippen molar-refractivity contribution in [3.05, 3.63) is 57.3 Å². The van der Waals surface area contributed by atoms with Crippen molar-refractivity contribution in [3.8, 4) is 5.75 Å². The highest BCUT2D eigenvalue weighted by atomic mass is 79.9. The van der Waals surface area contributed by atoms with Crippen molar-refractivity contribution in [1.82, 2.24) is 10.3 Å². The van der Waals surface area contributed by atoms with Crippen molar-refractivity contribution < 1.29 is 4.74 Å². The minimum Gasteiger partial charge on any atom is -0.488 e. The molecule has 0 aliphatic carbocycles. The predicted molar refractivity (Wildman–Crippen MR) is 89.7 cm³/mol. The number of aromatic nitrogens is 1. The zero-order chi connectivity index (χ0) is 15.1. The van der Waals surface area contributed by atoms with E-state index < -0.39 is 0 Å².